The van der Waals surface area contributed by atoms with Gasteiger partial charge in [0.05, 0.1) is 18.9 Å². The van der Waals surface area contributed by atoms with Gasteiger partial charge in [-0.25, -0.2) is 4.98 Å². The van der Waals surface area contributed by atoms with Crippen molar-refractivity contribution in [1.82, 2.24) is 9.97 Å². The minimum Gasteiger partial charge on any atom is -0.395 e. The molecule has 1 saturated carbocycles. The summed E-state index contributed by atoms with van der Waals surface area (Å²) in [7, 11) is 0. The van der Waals surface area contributed by atoms with Crippen LogP contribution in [0.3, 0.4) is 0 Å². The Bertz CT molecular complexity index is 485. The van der Waals surface area contributed by atoms with Gasteiger partial charge in [0.1, 0.15) is 5.82 Å². The van der Waals surface area contributed by atoms with E-state index in [2.05, 4.69) is 26.7 Å². The highest BCUT2D eigenvalue weighted by molar-refractivity contribution is 5.43. The smallest absolute Gasteiger partial charge is 0.224 e. The number of ether oxygens (including phenoxy) is 1. The summed E-state index contributed by atoms with van der Waals surface area (Å²) in [5.74, 6) is 2.58. The maximum atomic E-state index is 9.00. The zero-order chi connectivity index (χ0) is 15.9. The van der Waals surface area contributed by atoms with Crippen molar-refractivity contribution in [2.75, 3.05) is 43.5 Å². The van der Waals surface area contributed by atoms with E-state index >= 15 is 0 Å². The number of hydrogen-bond donors (Lipinski definition) is 3. The number of nitrogens with zero attached hydrogens (tertiary/aromatic N) is 2. The van der Waals surface area contributed by atoms with Crippen LogP contribution in [-0.4, -0.2) is 48.0 Å². The third-order valence-electron chi connectivity index (χ3n) is 4.79. The van der Waals surface area contributed by atoms with Gasteiger partial charge in [0.2, 0.25) is 5.95 Å². The first-order valence-electron chi connectivity index (χ1n) is 8.90. The summed E-state index contributed by atoms with van der Waals surface area (Å²) in [5.41, 5.74) is 1.03. The average molecular weight is 320 g/mol. The molecule has 0 aromatic carbocycles. The Balaban J connectivity index is 1.67. The minimum atomic E-state index is 0.0744. The number of hydrogen-bond acceptors (Lipinski definition) is 6. The second kappa shape index (κ2) is 8.45. The summed E-state index contributed by atoms with van der Waals surface area (Å²) in [6, 6.07) is 2.06. The van der Waals surface area contributed by atoms with Crippen molar-refractivity contribution in [1.29, 1.82) is 0 Å². The molecule has 2 fully saturated rings. The normalized spacial score (nSPS) is 22.2. The topological polar surface area (TPSA) is 79.3 Å². The first-order chi connectivity index (χ1) is 11.3. The van der Waals surface area contributed by atoms with Crippen LogP contribution in [0.15, 0.2) is 6.07 Å². The molecule has 1 saturated heterocycles. The van der Waals surface area contributed by atoms with Gasteiger partial charge in [-0.1, -0.05) is 19.3 Å². The fourth-order valence-electron chi connectivity index (χ4n) is 3.42. The third kappa shape index (κ3) is 4.78. The molecule has 23 heavy (non-hydrogen) atoms. The van der Waals surface area contributed by atoms with Crippen LogP contribution in [0.1, 0.15) is 50.1 Å². The first-order valence-corrected chi connectivity index (χ1v) is 8.90. The summed E-state index contributed by atoms with van der Waals surface area (Å²) < 4.78 is 5.49. The van der Waals surface area contributed by atoms with E-state index in [1.165, 1.54) is 32.1 Å². The van der Waals surface area contributed by atoms with Gasteiger partial charge in [0.15, 0.2) is 0 Å². The molecule has 0 amide bonds. The van der Waals surface area contributed by atoms with Crippen molar-refractivity contribution in [3.8, 4) is 0 Å². The lowest BCUT2D eigenvalue weighted by atomic mass is 9.89. The van der Waals surface area contributed by atoms with Gasteiger partial charge in [-0.05, 0) is 25.2 Å². The third-order valence-corrected chi connectivity index (χ3v) is 4.79. The fraction of sp³-hybridized carbons (Fsp3) is 0.765. The van der Waals surface area contributed by atoms with Gasteiger partial charge < -0.3 is 20.5 Å². The quantitative estimate of drug-likeness (QED) is 0.716. The van der Waals surface area contributed by atoms with Crippen LogP contribution in [0.25, 0.3) is 0 Å². The van der Waals surface area contributed by atoms with Crippen LogP contribution in [0, 0.1) is 5.92 Å². The highest BCUT2D eigenvalue weighted by Crippen LogP contribution is 2.27. The molecule has 1 aromatic rings. The van der Waals surface area contributed by atoms with Crippen LogP contribution in [0.2, 0.25) is 0 Å². The van der Waals surface area contributed by atoms with Crippen molar-refractivity contribution in [3.63, 3.8) is 0 Å². The molecule has 1 aliphatic heterocycles. The molecular weight excluding hydrogens is 292 g/mol. The van der Waals surface area contributed by atoms with Crippen molar-refractivity contribution < 1.29 is 9.84 Å². The number of aliphatic hydroxyl groups excluding tert-OH is 1. The van der Waals surface area contributed by atoms with Gasteiger partial charge in [-0.15, -0.1) is 0 Å². The van der Waals surface area contributed by atoms with E-state index in [1.54, 1.807) is 0 Å². The van der Waals surface area contributed by atoms with Gasteiger partial charge in [0, 0.05) is 31.7 Å². The van der Waals surface area contributed by atoms with E-state index in [0.29, 0.717) is 18.4 Å². The molecule has 3 N–H and O–H groups in total. The Hall–Kier alpha value is -1.40. The number of aromatic nitrogens is 2. The molecule has 2 aliphatic rings. The number of aliphatic hydroxyl groups is 1. The van der Waals surface area contributed by atoms with Crippen molar-refractivity contribution in [2.45, 2.75) is 44.4 Å². The van der Waals surface area contributed by atoms with Crippen LogP contribution < -0.4 is 10.6 Å². The largest absolute Gasteiger partial charge is 0.395 e. The van der Waals surface area contributed by atoms with E-state index in [1.807, 2.05) is 0 Å². The van der Waals surface area contributed by atoms with Crippen LogP contribution in [-0.2, 0) is 4.74 Å². The molecule has 0 spiro atoms. The standard InChI is InChI=1S/C17H28N4O2/c22-8-7-18-17-20-15(14-6-9-23-12-14)10-16(21-17)19-11-13-4-2-1-3-5-13/h10,13-14,22H,1-9,11-12H2,(H2,18,19,20,21). The molecule has 1 aliphatic carbocycles. The molecule has 2 heterocycles. The lowest BCUT2D eigenvalue weighted by Gasteiger charge is -2.22. The number of anilines is 2. The summed E-state index contributed by atoms with van der Waals surface area (Å²) in [6.07, 6.45) is 7.73. The number of rotatable bonds is 7. The Morgan fingerprint density at radius 2 is 2.00 bits per heavy atom. The van der Waals surface area contributed by atoms with Crippen molar-refractivity contribution in [2.24, 2.45) is 5.92 Å². The monoisotopic (exact) mass is 320 g/mol. The summed E-state index contributed by atoms with van der Waals surface area (Å²) >= 11 is 0. The van der Waals surface area contributed by atoms with E-state index < -0.39 is 0 Å². The second-order valence-electron chi connectivity index (χ2n) is 6.60. The van der Waals surface area contributed by atoms with Crippen molar-refractivity contribution >= 4 is 11.8 Å². The molecule has 6 nitrogen and oxygen atoms in total. The van der Waals surface area contributed by atoms with Gasteiger partial charge >= 0.3 is 0 Å². The predicted octanol–water partition coefficient (Wildman–Crippen LogP) is 2.38. The lowest BCUT2D eigenvalue weighted by Crippen LogP contribution is -2.19. The number of nitrogens with one attached hydrogen (secondary N) is 2. The SMILES string of the molecule is OCCNc1nc(NCC2CCCCC2)cc(C2CCOC2)n1. The minimum absolute atomic E-state index is 0.0744. The van der Waals surface area contributed by atoms with Crippen LogP contribution in [0.4, 0.5) is 11.8 Å². The molecule has 1 aromatic heterocycles. The first kappa shape index (κ1) is 16.5. The van der Waals surface area contributed by atoms with Crippen molar-refractivity contribution in [3.05, 3.63) is 11.8 Å². The Kier molecular flexibility index (Phi) is 6.05. The van der Waals surface area contributed by atoms with Gasteiger partial charge in [0.25, 0.3) is 0 Å². The van der Waals surface area contributed by atoms with E-state index in [4.69, 9.17) is 9.84 Å². The average Bonchev–Trinajstić information content (AvgIpc) is 3.14. The summed E-state index contributed by atoms with van der Waals surface area (Å²) in [6.45, 7) is 3.06. The Morgan fingerprint density at radius 1 is 1.13 bits per heavy atom. The van der Waals surface area contributed by atoms with Gasteiger partial charge in [-0.2, -0.15) is 4.98 Å². The predicted molar refractivity (Wildman–Crippen MR) is 90.8 cm³/mol. The Labute approximate surface area is 138 Å². The lowest BCUT2D eigenvalue weighted by molar-refractivity contribution is 0.193. The highest BCUT2D eigenvalue weighted by Gasteiger charge is 2.21. The molecule has 1 atom stereocenters. The van der Waals surface area contributed by atoms with Gasteiger partial charge in [-0.3, -0.25) is 0 Å². The zero-order valence-corrected chi connectivity index (χ0v) is 13.8. The van der Waals surface area contributed by atoms with Crippen LogP contribution >= 0.6 is 0 Å². The van der Waals surface area contributed by atoms with E-state index in [-0.39, 0.29) is 6.61 Å². The summed E-state index contributed by atoms with van der Waals surface area (Å²) in [5, 5.41) is 15.6. The molecule has 0 bridgehead atoms. The zero-order valence-electron chi connectivity index (χ0n) is 13.8. The molecule has 3 rings (SSSR count). The van der Waals surface area contributed by atoms with E-state index in [0.717, 1.165) is 43.6 Å². The second-order valence-corrected chi connectivity index (χ2v) is 6.60. The summed E-state index contributed by atoms with van der Waals surface area (Å²) in [4.78, 5) is 9.14. The molecular formula is C17H28N4O2. The Morgan fingerprint density at radius 3 is 2.74 bits per heavy atom. The molecule has 128 valence electrons. The molecule has 6 heteroatoms. The fourth-order valence-corrected chi connectivity index (χ4v) is 3.42. The highest BCUT2D eigenvalue weighted by atomic mass is 16.5. The maximum Gasteiger partial charge on any atom is 0.224 e. The van der Waals surface area contributed by atoms with Crippen LogP contribution in [0.5, 0.6) is 0 Å². The maximum absolute atomic E-state index is 9.00. The van der Waals surface area contributed by atoms with E-state index in [9.17, 15) is 0 Å². The molecule has 1 unspecified atom stereocenters. The molecule has 0 radical (unpaired) electrons.